The van der Waals surface area contributed by atoms with Crippen LogP contribution in [0.3, 0.4) is 0 Å². The minimum atomic E-state index is -4.27. The first-order valence-corrected chi connectivity index (χ1v) is 11.2. The summed E-state index contributed by atoms with van der Waals surface area (Å²) in [5, 5.41) is 0. The fourth-order valence-electron chi connectivity index (χ4n) is 4.20. The molecule has 1 heterocycles. The standard InChI is InChI=1S/C27H26F3NO3/c1-19-15-25(33-18-20-5-3-2-4-6-20)11-12-26(19)34-24-9-7-22(8-10-24)31-17-21(27(28,29)30)16-23(31)13-14-32/h2-12,14-15,21,23H,13,16-18H2,1H3. The molecule has 0 amide bonds. The molecule has 1 fully saturated rings. The molecule has 0 bridgehead atoms. The van der Waals surface area contributed by atoms with Gasteiger partial charge in [-0.2, -0.15) is 13.2 Å². The Labute approximate surface area is 196 Å². The number of carbonyl (C=O) groups is 1. The highest BCUT2D eigenvalue weighted by Gasteiger charge is 2.47. The number of aryl methyl sites for hydroxylation is 1. The lowest BCUT2D eigenvalue weighted by Crippen LogP contribution is -2.30. The monoisotopic (exact) mass is 469 g/mol. The van der Waals surface area contributed by atoms with Crippen molar-refractivity contribution >= 4 is 12.0 Å². The summed E-state index contributed by atoms with van der Waals surface area (Å²) in [5.41, 5.74) is 2.62. The van der Waals surface area contributed by atoms with Gasteiger partial charge >= 0.3 is 6.18 Å². The number of alkyl halides is 3. The Hall–Kier alpha value is -3.48. The van der Waals surface area contributed by atoms with E-state index in [4.69, 9.17) is 9.47 Å². The number of carbonyl (C=O) groups excluding carboxylic acids is 1. The van der Waals surface area contributed by atoms with E-state index >= 15 is 0 Å². The molecule has 0 aliphatic carbocycles. The molecule has 4 rings (SSSR count). The molecule has 34 heavy (non-hydrogen) atoms. The molecule has 2 atom stereocenters. The van der Waals surface area contributed by atoms with Crippen LogP contribution in [0.25, 0.3) is 0 Å². The van der Waals surface area contributed by atoms with Crippen molar-refractivity contribution in [3.05, 3.63) is 83.9 Å². The van der Waals surface area contributed by atoms with Gasteiger partial charge in [-0.1, -0.05) is 30.3 Å². The molecule has 178 valence electrons. The molecule has 7 heteroatoms. The summed E-state index contributed by atoms with van der Waals surface area (Å²) in [4.78, 5) is 12.7. The van der Waals surface area contributed by atoms with E-state index in [9.17, 15) is 18.0 Å². The second-order valence-electron chi connectivity index (χ2n) is 8.48. The number of halogens is 3. The third-order valence-corrected chi connectivity index (χ3v) is 6.04. The maximum absolute atomic E-state index is 13.2. The first kappa shape index (κ1) is 23.7. The molecule has 0 spiro atoms. The van der Waals surface area contributed by atoms with Crippen molar-refractivity contribution in [1.29, 1.82) is 0 Å². The zero-order chi connectivity index (χ0) is 24.1. The highest BCUT2D eigenvalue weighted by atomic mass is 19.4. The second kappa shape index (κ2) is 10.2. The molecule has 3 aromatic carbocycles. The van der Waals surface area contributed by atoms with Crippen LogP contribution in [0.5, 0.6) is 17.2 Å². The molecular weight excluding hydrogens is 443 g/mol. The summed E-state index contributed by atoms with van der Waals surface area (Å²) in [6.07, 6.45) is -3.58. The van der Waals surface area contributed by atoms with Crippen LogP contribution >= 0.6 is 0 Å². The fourth-order valence-corrected chi connectivity index (χ4v) is 4.20. The van der Waals surface area contributed by atoms with Gasteiger partial charge in [-0.15, -0.1) is 0 Å². The van der Waals surface area contributed by atoms with Crippen LogP contribution in [0.2, 0.25) is 0 Å². The van der Waals surface area contributed by atoms with Gasteiger partial charge in [-0.05, 0) is 66.9 Å². The van der Waals surface area contributed by atoms with Crippen LogP contribution in [0.4, 0.5) is 18.9 Å². The van der Waals surface area contributed by atoms with E-state index in [0.717, 1.165) is 16.9 Å². The first-order chi connectivity index (χ1) is 16.3. The molecule has 0 radical (unpaired) electrons. The van der Waals surface area contributed by atoms with Gasteiger partial charge in [0.2, 0.25) is 0 Å². The van der Waals surface area contributed by atoms with E-state index in [1.54, 1.807) is 29.2 Å². The first-order valence-electron chi connectivity index (χ1n) is 11.2. The van der Waals surface area contributed by atoms with E-state index in [2.05, 4.69) is 0 Å². The Kier molecular flexibility index (Phi) is 7.10. The van der Waals surface area contributed by atoms with Crippen molar-refractivity contribution in [2.75, 3.05) is 11.4 Å². The maximum Gasteiger partial charge on any atom is 0.393 e. The van der Waals surface area contributed by atoms with Crippen molar-refractivity contribution < 1.29 is 27.4 Å². The fraction of sp³-hybridized carbons (Fsp3) is 0.296. The predicted molar refractivity (Wildman–Crippen MR) is 124 cm³/mol. The highest BCUT2D eigenvalue weighted by molar-refractivity contribution is 5.57. The number of hydrogen-bond acceptors (Lipinski definition) is 4. The van der Waals surface area contributed by atoms with Crippen LogP contribution in [-0.4, -0.2) is 25.0 Å². The number of benzene rings is 3. The van der Waals surface area contributed by atoms with Gasteiger partial charge in [0.15, 0.2) is 0 Å². The smallest absolute Gasteiger partial charge is 0.393 e. The molecule has 1 aliphatic rings. The number of anilines is 1. The number of hydrogen-bond donors (Lipinski definition) is 0. The maximum atomic E-state index is 13.2. The Balaban J connectivity index is 1.40. The summed E-state index contributed by atoms with van der Waals surface area (Å²) in [6.45, 7) is 2.25. The lowest BCUT2D eigenvalue weighted by Gasteiger charge is -2.25. The van der Waals surface area contributed by atoms with Gasteiger partial charge in [0, 0.05) is 24.7 Å². The number of ether oxygens (including phenoxy) is 2. The number of nitrogens with zero attached hydrogens (tertiary/aromatic N) is 1. The number of rotatable bonds is 8. The highest BCUT2D eigenvalue weighted by Crippen LogP contribution is 2.40. The minimum absolute atomic E-state index is 0.0711. The molecule has 0 N–H and O–H groups in total. The van der Waals surface area contributed by atoms with Gasteiger partial charge < -0.3 is 19.2 Å². The van der Waals surface area contributed by atoms with Gasteiger partial charge in [-0.3, -0.25) is 0 Å². The minimum Gasteiger partial charge on any atom is -0.489 e. The van der Waals surface area contributed by atoms with Crippen LogP contribution in [-0.2, 0) is 11.4 Å². The van der Waals surface area contributed by atoms with Crippen molar-refractivity contribution in [1.82, 2.24) is 0 Å². The largest absolute Gasteiger partial charge is 0.489 e. The third-order valence-electron chi connectivity index (χ3n) is 6.04. The van der Waals surface area contributed by atoms with Crippen molar-refractivity contribution in [2.24, 2.45) is 5.92 Å². The van der Waals surface area contributed by atoms with Crippen molar-refractivity contribution in [2.45, 2.75) is 38.6 Å². The summed E-state index contributed by atoms with van der Waals surface area (Å²) >= 11 is 0. The molecule has 4 nitrogen and oxygen atoms in total. The molecule has 1 aliphatic heterocycles. The summed E-state index contributed by atoms with van der Waals surface area (Å²) in [5.74, 6) is 0.539. The molecular formula is C27H26F3NO3. The predicted octanol–water partition coefficient (Wildman–Crippen LogP) is 6.71. The average molecular weight is 470 g/mol. The SMILES string of the molecule is Cc1cc(OCc2ccccc2)ccc1Oc1ccc(N2CC(C(F)(F)F)CC2CC=O)cc1. The van der Waals surface area contributed by atoms with E-state index in [0.29, 0.717) is 30.1 Å². The zero-order valence-electron chi connectivity index (χ0n) is 18.8. The Morgan fingerprint density at radius 2 is 1.71 bits per heavy atom. The van der Waals surface area contributed by atoms with E-state index in [1.807, 2.05) is 55.5 Å². The van der Waals surface area contributed by atoms with Crippen LogP contribution in [0.15, 0.2) is 72.8 Å². The molecule has 1 saturated heterocycles. The molecule has 0 aromatic heterocycles. The lowest BCUT2D eigenvalue weighted by atomic mass is 10.0. The normalized spacial score (nSPS) is 18.1. The quantitative estimate of drug-likeness (QED) is 0.344. The Bertz CT molecular complexity index is 1100. The second-order valence-corrected chi connectivity index (χ2v) is 8.48. The van der Waals surface area contributed by atoms with Gasteiger partial charge in [0.25, 0.3) is 0 Å². The van der Waals surface area contributed by atoms with Crippen LogP contribution in [0, 0.1) is 12.8 Å². The van der Waals surface area contributed by atoms with E-state index in [1.165, 1.54) is 0 Å². The van der Waals surface area contributed by atoms with Gasteiger partial charge in [0.05, 0.1) is 5.92 Å². The third kappa shape index (κ3) is 5.71. The Morgan fingerprint density at radius 3 is 2.35 bits per heavy atom. The van der Waals surface area contributed by atoms with Crippen molar-refractivity contribution in [3.8, 4) is 17.2 Å². The van der Waals surface area contributed by atoms with Crippen LogP contribution < -0.4 is 14.4 Å². The number of aldehydes is 1. The summed E-state index contributed by atoms with van der Waals surface area (Å²) in [6, 6.07) is 21.9. The molecule has 3 aromatic rings. The van der Waals surface area contributed by atoms with Gasteiger partial charge in [0.1, 0.15) is 30.1 Å². The van der Waals surface area contributed by atoms with E-state index in [-0.39, 0.29) is 19.4 Å². The Morgan fingerprint density at radius 1 is 1.00 bits per heavy atom. The lowest BCUT2D eigenvalue weighted by molar-refractivity contribution is -0.168. The molecule has 0 saturated carbocycles. The van der Waals surface area contributed by atoms with Crippen LogP contribution in [0.1, 0.15) is 24.0 Å². The summed E-state index contributed by atoms with van der Waals surface area (Å²) < 4.78 is 51.5. The van der Waals surface area contributed by atoms with Crippen molar-refractivity contribution in [3.63, 3.8) is 0 Å². The van der Waals surface area contributed by atoms with Gasteiger partial charge in [-0.25, -0.2) is 0 Å². The average Bonchev–Trinajstić information content (AvgIpc) is 3.25. The summed E-state index contributed by atoms with van der Waals surface area (Å²) in [7, 11) is 0. The topological polar surface area (TPSA) is 38.8 Å². The zero-order valence-corrected chi connectivity index (χ0v) is 18.8. The molecule has 2 unspecified atom stereocenters. The van der Waals surface area contributed by atoms with E-state index < -0.39 is 18.1 Å².